The van der Waals surface area contributed by atoms with E-state index in [0.29, 0.717) is 21.3 Å². The van der Waals surface area contributed by atoms with Crippen molar-refractivity contribution in [3.63, 3.8) is 0 Å². The first kappa shape index (κ1) is 16.7. The zero-order valence-corrected chi connectivity index (χ0v) is 13.9. The van der Waals surface area contributed by atoms with Crippen LogP contribution >= 0.6 is 23.4 Å². The van der Waals surface area contributed by atoms with Crippen molar-refractivity contribution in [3.8, 4) is 0 Å². The van der Waals surface area contributed by atoms with Crippen molar-refractivity contribution in [2.24, 2.45) is 0 Å². The zero-order chi connectivity index (χ0) is 17.3. The van der Waals surface area contributed by atoms with Crippen LogP contribution in [0.1, 0.15) is 6.92 Å². The van der Waals surface area contributed by atoms with Crippen molar-refractivity contribution < 1.29 is 18.0 Å². The van der Waals surface area contributed by atoms with Crippen LogP contribution in [0.5, 0.6) is 0 Å². The van der Waals surface area contributed by atoms with E-state index < -0.39 is 16.9 Å². The van der Waals surface area contributed by atoms with E-state index in [1.165, 1.54) is 6.07 Å². The fourth-order valence-corrected chi connectivity index (χ4v) is 2.87. The van der Waals surface area contributed by atoms with Gasteiger partial charge in [-0.3, -0.25) is 4.79 Å². The first-order valence-electron chi connectivity index (χ1n) is 6.91. The van der Waals surface area contributed by atoms with E-state index in [1.54, 1.807) is 25.1 Å². The van der Waals surface area contributed by atoms with Crippen LogP contribution in [0.25, 0.3) is 11.1 Å². The van der Waals surface area contributed by atoms with Crippen LogP contribution < -0.4 is 5.32 Å². The summed E-state index contributed by atoms with van der Waals surface area (Å²) >= 11 is 6.99. The van der Waals surface area contributed by atoms with Crippen molar-refractivity contribution in [2.45, 2.75) is 17.4 Å². The highest BCUT2D eigenvalue weighted by Gasteiger charge is 2.19. The molecule has 4 nitrogen and oxygen atoms in total. The average molecular weight is 369 g/mol. The molecule has 1 amide bonds. The minimum atomic E-state index is -1.02. The molecule has 0 bridgehead atoms. The Bertz CT molecular complexity index is 916. The highest BCUT2D eigenvalue weighted by Crippen LogP contribution is 2.28. The first-order chi connectivity index (χ1) is 11.4. The van der Waals surface area contributed by atoms with Gasteiger partial charge >= 0.3 is 0 Å². The zero-order valence-electron chi connectivity index (χ0n) is 12.3. The Morgan fingerprint density at radius 2 is 2.04 bits per heavy atom. The van der Waals surface area contributed by atoms with Gasteiger partial charge in [0.1, 0.15) is 5.52 Å². The molecule has 3 rings (SSSR count). The number of carbonyl (C=O) groups is 1. The van der Waals surface area contributed by atoms with Crippen molar-refractivity contribution in [2.75, 3.05) is 5.32 Å². The Balaban J connectivity index is 1.69. The molecule has 24 heavy (non-hydrogen) atoms. The molecule has 0 aliphatic rings. The topological polar surface area (TPSA) is 55.1 Å². The Hall–Kier alpha value is -2.12. The maximum atomic E-state index is 13.2. The van der Waals surface area contributed by atoms with Gasteiger partial charge in [0.25, 0.3) is 5.22 Å². The van der Waals surface area contributed by atoms with E-state index in [0.717, 1.165) is 23.9 Å². The molecule has 0 saturated carbocycles. The molecular formula is C16H11ClF2N2O2S. The number of hydrogen-bond acceptors (Lipinski definition) is 4. The summed E-state index contributed by atoms with van der Waals surface area (Å²) in [5, 5.41) is 2.81. The van der Waals surface area contributed by atoms with Gasteiger partial charge in [0, 0.05) is 22.8 Å². The van der Waals surface area contributed by atoms with Crippen molar-refractivity contribution in [3.05, 3.63) is 53.1 Å². The van der Waals surface area contributed by atoms with Crippen LogP contribution in [0.4, 0.5) is 14.5 Å². The molecule has 0 aliphatic carbocycles. The van der Waals surface area contributed by atoms with Gasteiger partial charge in [-0.25, -0.2) is 13.8 Å². The number of benzene rings is 2. The highest BCUT2D eigenvalue weighted by molar-refractivity contribution is 8.00. The van der Waals surface area contributed by atoms with Gasteiger partial charge in [0.15, 0.2) is 17.2 Å². The summed E-state index contributed by atoms with van der Waals surface area (Å²) in [5.74, 6) is -2.38. The molecular weight excluding hydrogens is 358 g/mol. The van der Waals surface area contributed by atoms with E-state index in [1.807, 2.05) is 0 Å². The lowest BCUT2D eigenvalue weighted by Crippen LogP contribution is -2.22. The molecule has 124 valence electrons. The Kier molecular flexibility index (Phi) is 4.73. The van der Waals surface area contributed by atoms with Crippen LogP contribution in [0.3, 0.4) is 0 Å². The van der Waals surface area contributed by atoms with E-state index in [-0.39, 0.29) is 11.6 Å². The van der Waals surface area contributed by atoms with Crippen molar-refractivity contribution in [1.29, 1.82) is 0 Å². The molecule has 0 fully saturated rings. The van der Waals surface area contributed by atoms with Crippen LogP contribution in [-0.2, 0) is 4.79 Å². The number of halogens is 3. The summed E-state index contributed by atoms with van der Waals surface area (Å²) in [6.07, 6.45) is 0. The molecule has 1 atom stereocenters. The monoisotopic (exact) mass is 368 g/mol. The molecule has 2 aromatic carbocycles. The van der Waals surface area contributed by atoms with Crippen LogP contribution in [0, 0.1) is 11.6 Å². The number of amides is 1. The number of nitrogens with zero attached hydrogens (tertiary/aromatic N) is 1. The van der Waals surface area contributed by atoms with Crippen LogP contribution in [0.2, 0.25) is 5.02 Å². The molecule has 1 aromatic heterocycles. The van der Waals surface area contributed by atoms with E-state index in [4.69, 9.17) is 16.0 Å². The minimum absolute atomic E-state index is 0.177. The smallest absolute Gasteiger partial charge is 0.257 e. The lowest BCUT2D eigenvalue weighted by Gasteiger charge is -2.10. The van der Waals surface area contributed by atoms with E-state index in [2.05, 4.69) is 10.3 Å². The van der Waals surface area contributed by atoms with Gasteiger partial charge < -0.3 is 9.73 Å². The predicted molar refractivity (Wildman–Crippen MR) is 89.3 cm³/mol. The SMILES string of the molecule is C[C@@H](Sc1nc2ccc(Cl)cc2o1)C(=O)Nc1ccc(F)c(F)c1. The summed E-state index contributed by atoms with van der Waals surface area (Å²) in [6.45, 7) is 1.65. The summed E-state index contributed by atoms with van der Waals surface area (Å²) in [4.78, 5) is 16.4. The predicted octanol–water partition coefficient (Wildman–Crippen LogP) is 4.88. The molecule has 1 N–H and O–H groups in total. The molecule has 8 heteroatoms. The fraction of sp³-hybridized carbons (Fsp3) is 0.125. The number of oxazole rings is 1. The second-order valence-corrected chi connectivity index (χ2v) is 6.70. The summed E-state index contributed by atoms with van der Waals surface area (Å²) in [6, 6.07) is 8.21. The molecule has 3 aromatic rings. The van der Waals surface area contributed by atoms with Crippen molar-refractivity contribution >= 4 is 46.1 Å². The second kappa shape index (κ2) is 6.78. The Morgan fingerprint density at radius 1 is 1.25 bits per heavy atom. The standard InChI is InChI=1S/C16H11ClF2N2O2S/c1-8(15(22)20-10-3-4-11(18)12(19)7-10)24-16-21-13-5-2-9(17)6-14(13)23-16/h2-8H,1H3,(H,20,22)/t8-/m1/s1. The third-order valence-corrected chi connectivity index (χ3v) is 4.34. The molecule has 0 unspecified atom stereocenters. The Labute approximate surface area is 145 Å². The molecule has 0 spiro atoms. The summed E-state index contributed by atoms with van der Waals surface area (Å²) in [7, 11) is 0. The van der Waals surface area contributed by atoms with E-state index in [9.17, 15) is 13.6 Å². The number of anilines is 1. The lowest BCUT2D eigenvalue weighted by atomic mass is 10.3. The summed E-state index contributed by atoms with van der Waals surface area (Å²) in [5.41, 5.74) is 1.34. The number of aromatic nitrogens is 1. The third-order valence-electron chi connectivity index (χ3n) is 3.16. The van der Waals surface area contributed by atoms with Gasteiger partial charge in [-0.15, -0.1) is 0 Å². The normalized spacial score (nSPS) is 12.3. The molecule has 0 aliphatic heterocycles. The van der Waals surface area contributed by atoms with Crippen LogP contribution in [0.15, 0.2) is 46.0 Å². The molecule has 0 saturated heterocycles. The largest absolute Gasteiger partial charge is 0.431 e. The lowest BCUT2D eigenvalue weighted by molar-refractivity contribution is -0.115. The maximum absolute atomic E-state index is 13.2. The van der Waals surface area contributed by atoms with E-state index >= 15 is 0 Å². The number of carbonyl (C=O) groups excluding carboxylic acids is 1. The number of nitrogens with one attached hydrogen (secondary N) is 1. The van der Waals surface area contributed by atoms with Gasteiger partial charge in [-0.1, -0.05) is 23.4 Å². The number of fused-ring (bicyclic) bond motifs is 1. The molecule has 0 radical (unpaired) electrons. The first-order valence-corrected chi connectivity index (χ1v) is 8.17. The van der Waals surface area contributed by atoms with Gasteiger partial charge in [-0.2, -0.15) is 0 Å². The molecule has 1 heterocycles. The number of thioether (sulfide) groups is 1. The van der Waals surface area contributed by atoms with Gasteiger partial charge in [-0.05, 0) is 31.2 Å². The maximum Gasteiger partial charge on any atom is 0.257 e. The quantitative estimate of drug-likeness (QED) is 0.667. The number of rotatable bonds is 4. The second-order valence-electron chi connectivity index (χ2n) is 4.97. The summed E-state index contributed by atoms with van der Waals surface area (Å²) < 4.78 is 31.6. The van der Waals surface area contributed by atoms with Crippen LogP contribution in [-0.4, -0.2) is 16.1 Å². The minimum Gasteiger partial charge on any atom is -0.431 e. The van der Waals surface area contributed by atoms with Gasteiger partial charge in [0.05, 0.1) is 5.25 Å². The Morgan fingerprint density at radius 3 is 2.79 bits per heavy atom. The van der Waals surface area contributed by atoms with Gasteiger partial charge in [0.2, 0.25) is 5.91 Å². The number of hydrogen-bond donors (Lipinski definition) is 1. The average Bonchev–Trinajstić information content (AvgIpc) is 2.92. The highest BCUT2D eigenvalue weighted by atomic mass is 35.5. The fourth-order valence-electron chi connectivity index (χ4n) is 1.95. The third kappa shape index (κ3) is 3.68. The van der Waals surface area contributed by atoms with Crippen molar-refractivity contribution in [1.82, 2.24) is 4.98 Å².